The van der Waals surface area contributed by atoms with Gasteiger partial charge in [0.25, 0.3) is 0 Å². The average molecular weight is 709 g/mol. The molecule has 2 aliphatic rings. The predicted molar refractivity (Wildman–Crippen MR) is 161 cm³/mol. The number of carbonyl (C=O) groups excluding carboxylic acids is 6. The Morgan fingerprint density at radius 2 is 1.16 bits per heavy atom. The standard InChI is InChI=1S/C32H36O18/c1-14(33)42-23-12-40-31(29(46-18(5)37)27(23)44-16(3)35)41-13-24-26(43-15(2)34)28(45-17(4)36)30(47-19(6)38)32(50-24)48-21-9-7-20-8-10-25(39)49-22(20)11-21/h7-11,23-24,26-32H,12-13H2,1-6H3/t23-,24-,26-,27+,28+,29-,30-,31+,32-/m1/s1. The van der Waals surface area contributed by atoms with Crippen LogP contribution in [0.15, 0.2) is 39.5 Å². The van der Waals surface area contributed by atoms with Crippen LogP contribution >= 0.6 is 0 Å². The van der Waals surface area contributed by atoms with Gasteiger partial charge in [0.1, 0.15) is 17.4 Å². The van der Waals surface area contributed by atoms with Crippen LogP contribution in [0.1, 0.15) is 41.5 Å². The van der Waals surface area contributed by atoms with Crippen LogP contribution in [0.4, 0.5) is 0 Å². The third-order valence-corrected chi connectivity index (χ3v) is 7.07. The van der Waals surface area contributed by atoms with Crippen molar-refractivity contribution in [2.45, 2.75) is 96.9 Å². The van der Waals surface area contributed by atoms with E-state index in [-0.39, 0.29) is 17.9 Å². The summed E-state index contributed by atoms with van der Waals surface area (Å²) in [7, 11) is 0. The summed E-state index contributed by atoms with van der Waals surface area (Å²) in [5.74, 6) is -4.77. The molecule has 1 aromatic heterocycles. The maximum atomic E-state index is 12.3. The Balaban J connectivity index is 1.69. The van der Waals surface area contributed by atoms with Crippen LogP contribution in [0.2, 0.25) is 0 Å². The average Bonchev–Trinajstić information content (AvgIpc) is 3.00. The SMILES string of the molecule is CC(=O)O[C@@H]1[C@@H](OC(C)=O)[C@H](Oc2ccc3ccc(=O)oc3c2)O[C@H](CO[C@@H]2OC[C@@H](OC(C)=O)[C@H](OC(C)=O)[C@H]2OC(C)=O)[C@H]1OC(C)=O. The van der Waals surface area contributed by atoms with E-state index in [9.17, 15) is 33.6 Å². The van der Waals surface area contributed by atoms with E-state index in [0.717, 1.165) is 41.5 Å². The zero-order valence-corrected chi connectivity index (χ0v) is 27.8. The molecule has 1 aromatic carbocycles. The summed E-state index contributed by atoms with van der Waals surface area (Å²) in [5.41, 5.74) is -0.464. The number of carbonyl (C=O) groups is 6. The number of esters is 6. The van der Waals surface area contributed by atoms with Gasteiger partial charge in [0.05, 0.1) is 13.2 Å². The van der Waals surface area contributed by atoms with Gasteiger partial charge in [-0.1, -0.05) is 0 Å². The lowest BCUT2D eigenvalue weighted by atomic mass is 9.98. The molecule has 2 fully saturated rings. The molecule has 0 unspecified atom stereocenters. The van der Waals surface area contributed by atoms with Crippen LogP contribution in [0, 0.1) is 0 Å². The maximum absolute atomic E-state index is 12.3. The lowest BCUT2D eigenvalue weighted by molar-refractivity contribution is -0.313. The molecule has 50 heavy (non-hydrogen) atoms. The van der Waals surface area contributed by atoms with Crippen molar-refractivity contribution in [3.63, 3.8) is 0 Å². The van der Waals surface area contributed by atoms with E-state index >= 15 is 0 Å². The highest BCUT2D eigenvalue weighted by molar-refractivity contribution is 5.77. The van der Waals surface area contributed by atoms with Gasteiger partial charge in [0.2, 0.25) is 12.4 Å². The fourth-order valence-corrected chi connectivity index (χ4v) is 5.37. The van der Waals surface area contributed by atoms with Gasteiger partial charge in [0, 0.05) is 59.1 Å². The first-order chi connectivity index (χ1) is 23.6. The van der Waals surface area contributed by atoms with E-state index in [1.165, 1.54) is 24.3 Å². The number of hydrogen-bond donors (Lipinski definition) is 0. The van der Waals surface area contributed by atoms with Gasteiger partial charge in [-0.3, -0.25) is 28.8 Å². The first kappa shape index (κ1) is 37.7. The van der Waals surface area contributed by atoms with E-state index in [4.69, 9.17) is 51.8 Å². The van der Waals surface area contributed by atoms with Crippen molar-refractivity contribution in [3.8, 4) is 5.75 Å². The Bertz CT molecular complexity index is 1650. The number of ether oxygens (including phenoxy) is 10. The Kier molecular flexibility index (Phi) is 12.5. The molecule has 0 aliphatic carbocycles. The van der Waals surface area contributed by atoms with E-state index < -0.39 is 103 Å². The molecule has 9 atom stereocenters. The van der Waals surface area contributed by atoms with Crippen molar-refractivity contribution < 1.29 is 80.6 Å². The van der Waals surface area contributed by atoms with Crippen LogP contribution in [-0.4, -0.2) is 104 Å². The van der Waals surface area contributed by atoms with Crippen LogP contribution in [0.5, 0.6) is 5.75 Å². The molecule has 0 saturated carbocycles. The monoisotopic (exact) mass is 708 g/mol. The highest BCUT2D eigenvalue weighted by Gasteiger charge is 2.54. The molecule has 2 saturated heterocycles. The lowest BCUT2D eigenvalue weighted by Crippen LogP contribution is -2.64. The van der Waals surface area contributed by atoms with Crippen molar-refractivity contribution in [1.82, 2.24) is 0 Å². The smallest absolute Gasteiger partial charge is 0.336 e. The fourth-order valence-electron chi connectivity index (χ4n) is 5.37. The minimum absolute atomic E-state index is 0.0763. The summed E-state index contributed by atoms with van der Waals surface area (Å²) < 4.78 is 61.4. The van der Waals surface area contributed by atoms with Crippen molar-refractivity contribution in [2.75, 3.05) is 13.2 Å². The van der Waals surface area contributed by atoms with Gasteiger partial charge in [0.15, 0.2) is 36.8 Å². The molecule has 2 aliphatic heterocycles. The van der Waals surface area contributed by atoms with Crippen LogP contribution in [0.25, 0.3) is 11.0 Å². The maximum Gasteiger partial charge on any atom is 0.336 e. The van der Waals surface area contributed by atoms with Crippen LogP contribution < -0.4 is 10.4 Å². The van der Waals surface area contributed by atoms with E-state index in [1.807, 2.05) is 0 Å². The highest BCUT2D eigenvalue weighted by Crippen LogP contribution is 2.33. The lowest BCUT2D eigenvalue weighted by Gasteiger charge is -2.45. The molecule has 3 heterocycles. The molecule has 0 radical (unpaired) electrons. The largest absolute Gasteiger partial charge is 0.461 e. The van der Waals surface area contributed by atoms with Gasteiger partial charge in [-0.2, -0.15) is 0 Å². The minimum atomic E-state index is -1.56. The Morgan fingerprint density at radius 1 is 0.640 bits per heavy atom. The molecule has 272 valence electrons. The zero-order valence-electron chi connectivity index (χ0n) is 27.8. The zero-order chi connectivity index (χ0) is 36.7. The minimum Gasteiger partial charge on any atom is -0.461 e. The molecular weight excluding hydrogens is 672 g/mol. The molecule has 2 aromatic rings. The first-order valence-electron chi connectivity index (χ1n) is 15.2. The van der Waals surface area contributed by atoms with Crippen molar-refractivity contribution in [1.29, 1.82) is 0 Å². The molecule has 4 rings (SSSR count). The molecule has 0 N–H and O–H groups in total. The normalized spacial score (nSPS) is 27.7. The molecule has 0 amide bonds. The number of hydrogen-bond acceptors (Lipinski definition) is 18. The van der Waals surface area contributed by atoms with Crippen molar-refractivity contribution in [3.05, 3.63) is 40.8 Å². The summed E-state index contributed by atoms with van der Waals surface area (Å²) in [6.45, 7) is 5.63. The summed E-state index contributed by atoms with van der Waals surface area (Å²) in [4.78, 5) is 84.4. The number of rotatable bonds is 11. The van der Waals surface area contributed by atoms with Crippen LogP contribution in [-0.2, 0) is 71.4 Å². The van der Waals surface area contributed by atoms with E-state index in [1.54, 1.807) is 6.07 Å². The second-order valence-electron chi connectivity index (χ2n) is 11.2. The van der Waals surface area contributed by atoms with Gasteiger partial charge in [-0.25, -0.2) is 4.79 Å². The first-order valence-corrected chi connectivity index (χ1v) is 15.2. The van der Waals surface area contributed by atoms with Gasteiger partial charge in [-0.05, 0) is 18.2 Å². The second kappa shape index (κ2) is 16.6. The second-order valence-corrected chi connectivity index (χ2v) is 11.2. The molecule has 18 nitrogen and oxygen atoms in total. The third kappa shape index (κ3) is 9.99. The number of benzene rings is 1. The Morgan fingerprint density at radius 3 is 1.76 bits per heavy atom. The predicted octanol–water partition coefficient (Wildman–Crippen LogP) is 0.860. The van der Waals surface area contributed by atoms with Crippen molar-refractivity contribution >= 4 is 46.8 Å². The Labute approximate surface area is 284 Å². The summed E-state index contributed by atoms with van der Waals surface area (Å²) in [5, 5.41) is 0.565. The van der Waals surface area contributed by atoms with Crippen molar-refractivity contribution in [2.24, 2.45) is 0 Å². The molecule has 0 spiro atoms. The highest BCUT2D eigenvalue weighted by atomic mass is 16.8. The fraction of sp³-hybridized carbons (Fsp3) is 0.531. The summed E-state index contributed by atoms with van der Waals surface area (Å²) in [6, 6.07) is 7.24. The van der Waals surface area contributed by atoms with Gasteiger partial charge in [-0.15, -0.1) is 0 Å². The van der Waals surface area contributed by atoms with E-state index in [0.29, 0.717) is 5.39 Å². The molecular formula is C32H36O18. The van der Waals surface area contributed by atoms with Gasteiger partial charge >= 0.3 is 41.4 Å². The molecule has 0 bridgehead atoms. The third-order valence-electron chi connectivity index (χ3n) is 7.07. The van der Waals surface area contributed by atoms with Crippen LogP contribution in [0.3, 0.4) is 0 Å². The Hall–Kier alpha value is -5.07. The summed E-state index contributed by atoms with van der Waals surface area (Å²) in [6.07, 6.45) is -12.9. The topological polar surface area (TPSA) is 225 Å². The summed E-state index contributed by atoms with van der Waals surface area (Å²) >= 11 is 0. The van der Waals surface area contributed by atoms with E-state index in [2.05, 4.69) is 0 Å². The number of fused-ring (bicyclic) bond motifs is 1. The van der Waals surface area contributed by atoms with Gasteiger partial charge < -0.3 is 51.8 Å². The quantitative estimate of drug-likeness (QED) is 0.179. The molecule has 18 heteroatoms.